The molecule has 1 heterocycles. The fraction of sp³-hybridized carbons (Fsp3) is 0.261. The van der Waals surface area contributed by atoms with Gasteiger partial charge in [0.05, 0.1) is 5.60 Å². The van der Waals surface area contributed by atoms with E-state index in [1.807, 2.05) is 49.4 Å². The number of amides is 1. The maximum Gasteiger partial charge on any atom is 0.251 e. The molecule has 0 aromatic heterocycles. The quantitative estimate of drug-likeness (QED) is 0.628. The average molecular weight is 395 g/mol. The van der Waals surface area contributed by atoms with Gasteiger partial charge in [0.25, 0.3) is 5.91 Å². The number of fused-ring (bicyclic) bond motifs is 1. The molecule has 0 spiro atoms. The van der Waals surface area contributed by atoms with E-state index in [9.17, 15) is 9.90 Å². The second-order valence-corrected chi connectivity index (χ2v) is 7.89. The van der Waals surface area contributed by atoms with Gasteiger partial charge in [0.1, 0.15) is 0 Å². The molecule has 3 N–H and O–H groups in total. The molecule has 144 valence electrons. The summed E-state index contributed by atoms with van der Waals surface area (Å²) in [6.07, 6.45) is 0.646. The average Bonchev–Trinajstić information content (AvgIpc) is 3.14. The van der Waals surface area contributed by atoms with Gasteiger partial charge in [-0.2, -0.15) is 0 Å². The third-order valence-electron chi connectivity index (χ3n) is 5.50. The van der Waals surface area contributed by atoms with E-state index in [2.05, 4.69) is 22.8 Å². The third kappa shape index (κ3) is 3.63. The number of β-amino-alcohol motifs (C(OH)–C–C–N with tert-alkyl or cyclic N) is 1. The molecule has 3 aromatic rings. The fourth-order valence-corrected chi connectivity index (χ4v) is 3.96. The molecule has 1 unspecified atom stereocenters. The lowest BCUT2D eigenvalue weighted by Crippen LogP contribution is -2.44. The van der Waals surface area contributed by atoms with E-state index in [1.54, 1.807) is 0 Å². The van der Waals surface area contributed by atoms with Gasteiger partial charge in [-0.1, -0.05) is 48.0 Å². The Morgan fingerprint density at radius 2 is 1.96 bits per heavy atom. The highest BCUT2D eigenvalue weighted by molar-refractivity contribution is 6.31. The largest absolute Gasteiger partial charge is 0.387 e. The Balaban J connectivity index is 1.63. The van der Waals surface area contributed by atoms with E-state index >= 15 is 0 Å². The summed E-state index contributed by atoms with van der Waals surface area (Å²) in [4.78, 5) is 12.6. The molecule has 0 radical (unpaired) electrons. The van der Waals surface area contributed by atoms with Gasteiger partial charge >= 0.3 is 0 Å². The van der Waals surface area contributed by atoms with Gasteiger partial charge < -0.3 is 15.7 Å². The van der Waals surface area contributed by atoms with Gasteiger partial charge in [-0.15, -0.1) is 0 Å². The van der Waals surface area contributed by atoms with Crippen LogP contribution in [0.1, 0.15) is 22.3 Å². The molecule has 0 aliphatic carbocycles. The second kappa shape index (κ2) is 7.55. The molecule has 1 fully saturated rings. The van der Waals surface area contributed by atoms with Crippen molar-refractivity contribution >= 4 is 28.3 Å². The van der Waals surface area contributed by atoms with Crippen LogP contribution in [0.25, 0.3) is 21.9 Å². The van der Waals surface area contributed by atoms with Crippen LogP contribution in [-0.4, -0.2) is 36.2 Å². The Morgan fingerprint density at radius 3 is 2.75 bits per heavy atom. The summed E-state index contributed by atoms with van der Waals surface area (Å²) in [5, 5.41) is 19.2. The maximum absolute atomic E-state index is 12.6. The zero-order valence-electron chi connectivity index (χ0n) is 15.8. The maximum atomic E-state index is 12.6. The lowest BCUT2D eigenvalue weighted by atomic mass is 9.94. The minimum Gasteiger partial charge on any atom is -0.387 e. The number of carbonyl (C=O) groups excluding carboxylic acids is 1. The van der Waals surface area contributed by atoms with Crippen LogP contribution >= 0.6 is 11.6 Å². The van der Waals surface area contributed by atoms with Gasteiger partial charge in [0, 0.05) is 23.7 Å². The first kappa shape index (κ1) is 18.9. The lowest BCUT2D eigenvalue weighted by molar-refractivity contribution is 0.0562. The predicted octanol–water partition coefficient (Wildman–Crippen LogP) is 3.92. The van der Waals surface area contributed by atoms with E-state index in [4.69, 9.17) is 11.6 Å². The highest BCUT2D eigenvalue weighted by Crippen LogP contribution is 2.33. The van der Waals surface area contributed by atoms with Crippen molar-refractivity contribution in [2.24, 2.45) is 0 Å². The van der Waals surface area contributed by atoms with E-state index in [0.717, 1.165) is 39.0 Å². The minimum atomic E-state index is -0.857. The van der Waals surface area contributed by atoms with Crippen LogP contribution in [-0.2, 0) is 0 Å². The zero-order valence-corrected chi connectivity index (χ0v) is 16.5. The summed E-state index contributed by atoms with van der Waals surface area (Å²) in [5.74, 6) is -0.174. The summed E-state index contributed by atoms with van der Waals surface area (Å²) in [7, 11) is 0. The van der Waals surface area contributed by atoms with Gasteiger partial charge in [-0.25, -0.2) is 0 Å². The molecule has 28 heavy (non-hydrogen) atoms. The Bertz CT molecular complexity index is 1040. The molecule has 4 rings (SSSR count). The summed E-state index contributed by atoms with van der Waals surface area (Å²) in [6.45, 7) is 3.54. The first-order valence-corrected chi connectivity index (χ1v) is 9.84. The molecule has 1 atom stereocenters. The van der Waals surface area contributed by atoms with E-state index in [-0.39, 0.29) is 12.5 Å². The van der Waals surface area contributed by atoms with Crippen molar-refractivity contribution in [1.29, 1.82) is 0 Å². The lowest BCUT2D eigenvalue weighted by Gasteiger charge is -2.21. The molecule has 1 saturated heterocycles. The smallest absolute Gasteiger partial charge is 0.251 e. The molecule has 0 bridgehead atoms. The molecule has 3 aromatic carbocycles. The molecular formula is C23H23ClN2O2. The monoisotopic (exact) mass is 394 g/mol. The fourth-order valence-electron chi connectivity index (χ4n) is 3.79. The van der Waals surface area contributed by atoms with E-state index < -0.39 is 5.60 Å². The number of aliphatic hydroxyl groups is 1. The number of nitrogens with one attached hydrogen (secondary N) is 2. The normalized spacial score (nSPS) is 19.1. The second-order valence-electron chi connectivity index (χ2n) is 7.49. The van der Waals surface area contributed by atoms with Crippen molar-refractivity contribution < 1.29 is 9.90 Å². The van der Waals surface area contributed by atoms with Crippen LogP contribution < -0.4 is 10.6 Å². The van der Waals surface area contributed by atoms with E-state index in [1.165, 1.54) is 0 Å². The molecule has 1 amide bonds. The Labute approximate surface area is 169 Å². The molecule has 1 aliphatic rings. The van der Waals surface area contributed by atoms with Crippen LogP contribution in [0, 0.1) is 6.92 Å². The van der Waals surface area contributed by atoms with Gasteiger partial charge in [-0.05, 0) is 65.6 Å². The van der Waals surface area contributed by atoms with Crippen molar-refractivity contribution in [1.82, 2.24) is 10.6 Å². The summed E-state index contributed by atoms with van der Waals surface area (Å²) >= 11 is 6.30. The minimum absolute atomic E-state index is 0.174. The van der Waals surface area contributed by atoms with Crippen molar-refractivity contribution in [2.75, 3.05) is 19.6 Å². The van der Waals surface area contributed by atoms with Gasteiger partial charge in [-0.3, -0.25) is 4.79 Å². The standard InChI is InChI=1S/C23H23ClN2O2/c1-15-18(5-3-7-21(15)24)20-6-2-4-16-12-17(8-9-19(16)20)22(27)26-14-23(28)10-11-25-13-23/h2-9,12,25,28H,10-11,13-14H2,1H3,(H,26,27). The molecule has 4 nitrogen and oxygen atoms in total. The first-order valence-electron chi connectivity index (χ1n) is 9.46. The first-order chi connectivity index (χ1) is 13.5. The summed E-state index contributed by atoms with van der Waals surface area (Å²) in [6, 6.07) is 17.7. The van der Waals surface area contributed by atoms with Crippen molar-refractivity contribution in [3.8, 4) is 11.1 Å². The Morgan fingerprint density at radius 1 is 1.18 bits per heavy atom. The highest BCUT2D eigenvalue weighted by Gasteiger charge is 2.31. The summed E-state index contributed by atoms with van der Waals surface area (Å²) in [5.41, 5.74) is 2.95. The zero-order chi connectivity index (χ0) is 19.7. The van der Waals surface area contributed by atoms with Crippen LogP contribution in [0.5, 0.6) is 0 Å². The number of hydrogen-bond donors (Lipinski definition) is 3. The van der Waals surface area contributed by atoms with Crippen LogP contribution in [0.15, 0.2) is 54.6 Å². The van der Waals surface area contributed by atoms with Crippen LogP contribution in [0.3, 0.4) is 0 Å². The number of carbonyl (C=O) groups is 1. The van der Waals surface area contributed by atoms with Crippen LogP contribution in [0.2, 0.25) is 5.02 Å². The number of rotatable bonds is 4. The van der Waals surface area contributed by atoms with Crippen molar-refractivity contribution in [2.45, 2.75) is 18.9 Å². The SMILES string of the molecule is Cc1c(Cl)cccc1-c1cccc2cc(C(=O)NCC3(O)CCNC3)ccc12. The molecule has 0 saturated carbocycles. The predicted molar refractivity (Wildman–Crippen MR) is 114 cm³/mol. The Kier molecular flexibility index (Phi) is 5.11. The topological polar surface area (TPSA) is 61.4 Å². The molecular weight excluding hydrogens is 372 g/mol. The third-order valence-corrected chi connectivity index (χ3v) is 5.91. The highest BCUT2D eigenvalue weighted by atomic mass is 35.5. The molecule has 5 heteroatoms. The Hall–Kier alpha value is -2.40. The van der Waals surface area contributed by atoms with Crippen molar-refractivity contribution in [3.05, 3.63) is 70.7 Å². The number of hydrogen-bond acceptors (Lipinski definition) is 3. The summed E-state index contributed by atoms with van der Waals surface area (Å²) < 4.78 is 0. The van der Waals surface area contributed by atoms with E-state index in [0.29, 0.717) is 18.5 Å². The van der Waals surface area contributed by atoms with Gasteiger partial charge in [0.2, 0.25) is 0 Å². The van der Waals surface area contributed by atoms with Crippen LogP contribution in [0.4, 0.5) is 0 Å². The number of halogens is 1. The molecule has 1 aliphatic heterocycles. The van der Waals surface area contributed by atoms with Gasteiger partial charge in [0.15, 0.2) is 0 Å². The number of benzene rings is 3. The van der Waals surface area contributed by atoms with Crippen molar-refractivity contribution in [3.63, 3.8) is 0 Å².